The predicted octanol–water partition coefficient (Wildman–Crippen LogP) is 1.42. The van der Waals surface area contributed by atoms with Gasteiger partial charge < -0.3 is 4.74 Å². The molecule has 0 spiro atoms. The van der Waals surface area contributed by atoms with E-state index in [0.29, 0.717) is 19.5 Å². The fraction of sp³-hybridized carbons (Fsp3) is 0.900. The van der Waals surface area contributed by atoms with Gasteiger partial charge >= 0.3 is 5.97 Å². The van der Waals surface area contributed by atoms with Gasteiger partial charge in [-0.05, 0) is 26.3 Å². The summed E-state index contributed by atoms with van der Waals surface area (Å²) in [6.07, 6.45) is 0.638. The molecule has 0 bridgehead atoms. The number of hydrogen-bond acceptors (Lipinski definition) is 3. The van der Waals surface area contributed by atoms with E-state index in [1.165, 1.54) is 0 Å². The number of alkyl halides is 2. The van der Waals surface area contributed by atoms with Gasteiger partial charge in [0.05, 0.1) is 6.61 Å². The highest BCUT2D eigenvalue weighted by Gasteiger charge is 2.68. The molecule has 1 atom stereocenters. The Balaban J connectivity index is 2.31. The first-order valence-corrected chi connectivity index (χ1v) is 5.35. The first-order chi connectivity index (χ1) is 7.04. The van der Waals surface area contributed by atoms with Crippen LogP contribution in [0, 0.1) is 0 Å². The third-order valence-corrected chi connectivity index (χ3v) is 3.42. The van der Waals surface area contributed by atoms with Gasteiger partial charge in [-0.1, -0.05) is 0 Å². The Morgan fingerprint density at radius 3 is 2.80 bits per heavy atom. The van der Waals surface area contributed by atoms with Gasteiger partial charge in [-0.25, -0.2) is 13.6 Å². The van der Waals surface area contributed by atoms with Crippen molar-refractivity contribution < 1.29 is 18.3 Å². The molecule has 86 valence electrons. The Hall–Kier alpha value is -0.710. The molecular weight excluding hydrogens is 204 g/mol. The molecule has 0 aromatic carbocycles. The molecule has 2 aliphatic heterocycles. The van der Waals surface area contributed by atoms with E-state index in [0.717, 1.165) is 0 Å². The summed E-state index contributed by atoms with van der Waals surface area (Å²) in [6, 6.07) is 0. The molecule has 2 aliphatic rings. The van der Waals surface area contributed by atoms with E-state index < -0.39 is 17.4 Å². The molecule has 0 aliphatic carbocycles. The zero-order valence-corrected chi connectivity index (χ0v) is 8.76. The van der Waals surface area contributed by atoms with Crippen LogP contribution >= 0.6 is 0 Å². The van der Waals surface area contributed by atoms with Crippen molar-refractivity contribution in [2.24, 2.45) is 0 Å². The molecule has 1 unspecified atom stereocenters. The summed E-state index contributed by atoms with van der Waals surface area (Å²) in [6.45, 7) is 2.67. The Morgan fingerprint density at radius 1 is 1.40 bits per heavy atom. The van der Waals surface area contributed by atoms with Gasteiger partial charge in [0, 0.05) is 13.0 Å². The second kappa shape index (κ2) is 3.40. The van der Waals surface area contributed by atoms with Crippen molar-refractivity contribution in [2.75, 3.05) is 19.7 Å². The quantitative estimate of drug-likeness (QED) is 0.658. The first kappa shape index (κ1) is 10.8. The molecule has 2 heterocycles. The minimum absolute atomic E-state index is 0.157. The van der Waals surface area contributed by atoms with Crippen molar-refractivity contribution >= 4 is 5.97 Å². The summed E-state index contributed by atoms with van der Waals surface area (Å²) in [5.41, 5.74) is -1.65. The summed E-state index contributed by atoms with van der Waals surface area (Å²) in [7, 11) is 0. The van der Waals surface area contributed by atoms with Crippen molar-refractivity contribution in [2.45, 2.75) is 37.6 Å². The Bertz CT molecular complexity index is 283. The number of hydrogen-bond donors (Lipinski definition) is 0. The molecule has 2 rings (SSSR count). The van der Waals surface area contributed by atoms with Crippen molar-refractivity contribution in [1.82, 2.24) is 4.90 Å². The topological polar surface area (TPSA) is 29.5 Å². The third-order valence-electron chi connectivity index (χ3n) is 3.42. The highest BCUT2D eigenvalue weighted by atomic mass is 19.3. The second-order valence-electron chi connectivity index (χ2n) is 4.13. The summed E-state index contributed by atoms with van der Waals surface area (Å²) in [5.74, 6) is -3.68. The summed E-state index contributed by atoms with van der Waals surface area (Å²) >= 11 is 0. The van der Waals surface area contributed by atoms with Crippen LogP contribution in [-0.4, -0.2) is 42.0 Å². The summed E-state index contributed by atoms with van der Waals surface area (Å²) < 4.78 is 32.4. The van der Waals surface area contributed by atoms with Crippen molar-refractivity contribution in [3.05, 3.63) is 0 Å². The second-order valence-corrected chi connectivity index (χ2v) is 4.13. The average Bonchev–Trinajstić information content (AvgIpc) is 2.68. The lowest BCUT2D eigenvalue weighted by Crippen LogP contribution is -2.57. The standard InChI is InChI=1S/C10H15F2NO2/c1-2-15-8(14)9-4-3-6-13(9)7-5-10(9,11)12/h2-7H2,1H3. The molecular formula is C10H15F2NO2. The zero-order valence-electron chi connectivity index (χ0n) is 8.76. The summed E-state index contributed by atoms with van der Waals surface area (Å²) in [4.78, 5) is 13.3. The predicted molar refractivity (Wildman–Crippen MR) is 49.7 cm³/mol. The maximum Gasteiger partial charge on any atom is 0.332 e. The monoisotopic (exact) mass is 219 g/mol. The van der Waals surface area contributed by atoms with Crippen LogP contribution < -0.4 is 0 Å². The van der Waals surface area contributed by atoms with Gasteiger partial charge in [0.1, 0.15) is 0 Å². The SMILES string of the molecule is CCOC(=O)C12CCCN1CCC2(F)F. The van der Waals surface area contributed by atoms with E-state index in [2.05, 4.69) is 0 Å². The number of halogens is 2. The molecule has 3 nitrogen and oxygen atoms in total. The van der Waals surface area contributed by atoms with Crippen LogP contribution in [0.5, 0.6) is 0 Å². The normalized spacial score (nSPS) is 34.1. The van der Waals surface area contributed by atoms with E-state index in [-0.39, 0.29) is 19.4 Å². The maximum absolute atomic E-state index is 13.8. The van der Waals surface area contributed by atoms with Crippen LogP contribution in [0.15, 0.2) is 0 Å². The lowest BCUT2D eigenvalue weighted by Gasteiger charge is -2.33. The van der Waals surface area contributed by atoms with E-state index in [4.69, 9.17) is 4.74 Å². The molecule has 0 aromatic heterocycles. The molecule has 0 aromatic rings. The lowest BCUT2D eigenvalue weighted by atomic mass is 9.90. The van der Waals surface area contributed by atoms with E-state index in [9.17, 15) is 13.6 Å². The highest BCUT2D eigenvalue weighted by molar-refractivity contribution is 5.83. The number of rotatable bonds is 2. The van der Waals surface area contributed by atoms with Crippen molar-refractivity contribution in [1.29, 1.82) is 0 Å². The van der Waals surface area contributed by atoms with Crippen molar-refractivity contribution in [3.8, 4) is 0 Å². The smallest absolute Gasteiger partial charge is 0.332 e. The molecule has 15 heavy (non-hydrogen) atoms. The Morgan fingerprint density at radius 2 is 2.13 bits per heavy atom. The molecule has 0 radical (unpaired) electrons. The largest absolute Gasteiger partial charge is 0.464 e. The van der Waals surface area contributed by atoms with Crippen molar-refractivity contribution in [3.63, 3.8) is 0 Å². The van der Waals surface area contributed by atoms with Crippen LogP contribution in [0.1, 0.15) is 26.2 Å². The highest BCUT2D eigenvalue weighted by Crippen LogP contribution is 2.49. The van der Waals surface area contributed by atoms with Crippen LogP contribution in [0.2, 0.25) is 0 Å². The maximum atomic E-state index is 13.8. The fourth-order valence-corrected chi connectivity index (χ4v) is 2.70. The first-order valence-electron chi connectivity index (χ1n) is 5.35. The minimum atomic E-state index is -2.93. The van der Waals surface area contributed by atoms with Gasteiger partial charge in [-0.2, -0.15) is 0 Å². The number of ether oxygens (including phenoxy) is 1. The van der Waals surface area contributed by atoms with Gasteiger partial charge in [0.2, 0.25) is 0 Å². The number of fused-ring (bicyclic) bond motifs is 1. The minimum Gasteiger partial charge on any atom is -0.464 e. The zero-order chi connectivity index (χ0) is 11.1. The Labute approximate surface area is 87.4 Å². The van der Waals surface area contributed by atoms with Gasteiger partial charge in [0.25, 0.3) is 5.92 Å². The number of carbonyl (C=O) groups is 1. The third kappa shape index (κ3) is 1.29. The molecule has 0 amide bonds. The van der Waals surface area contributed by atoms with Gasteiger partial charge in [0.15, 0.2) is 5.54 Å². The molecule has 5 heteroatoms. The number of esters is 1. The lowest BCUT2D eigenvalue weighted by molar-refractivity contribution is -0.173. The van der Waals surface area contributed by atoms with Gasteiger partial charge in [-0.15, -0.1) is 0 Å². The van der Waals surface area contributed by atoms with E-state index in [1.54, 1.807) is 11.8 Å². The van der Waals surface area contributed by atoms with Crippen LogP contribution in [0.25, 0.3) is 0 Å². The summed E-state index contributed by atoms with van der Waals surface area (Å²) in [5, 5.41) is 0. The van der Waals surface area contributed by atoms with Crippen LogP contribution in [-0.2, 0) is 9.53 Å². The number of nitrogens with zero attached hydrogens (tertiary/aromatic N) is 1. The van der Waals surface area contributed by atoms with Crippen LogP contribution in [0.3, 0.4) is 0 Å². The van der Waals surface area contributed by atoms with Gasteiger partial charge in [-0.3, -0.25) is 4.90 Å². The average molecular weight is 219 g/mol. The van der Waals surface area contributed by atoms with E-state index in [1.807, 2.05) is 0 Å². The molecule has 0 saturated carbocycles. The van der Waals surface area contributed by atoms with E-state index >= 15 is 0 Å². The molecule has 2 saturated heterocycles. The number of carbonyl (C=O) groups excluding carboxylic acids is 1. The fourth-order valence-electron chi connectivity index (χ4n) is 2.70. The van der Waals surface area contributed by atoms with Crippen LogP contribution in [0.4, 0.5) is 8.78 Å². The molecule has 2 fully saturated rings. The Kier molecular flexibility index (Phi) is 2.45. The molecule has 0 N–H and O–H groups in total.